The molecular weight excluding hydrogens is 290 g/mol. The predicted octanol–water partition coefficient (Wildman–Crippen LogP) is 0.944. The van der Waals surface area contributed by atoms with E-state index < -0.39 is 30.6 Å². The summed E-state index contributed by atoms with van der Waals surface area (Å²) in [5.74, 6) is 0. The molecule has 6 nitrogen and oxygen atoms in total. The van der Waals surface area contributed by atoms with Gasteiger partial charge in [0.1, 0.15) is 0 Å². The van der Waals surface area contributed by atoms with Crippen LogP contribution >= 0.6 is 0 Å². The van der Waals surface area contributed by atoms with Gasteiger partial charge >= 0.3 is 0 Å². The molecule has 1 atom stereocenters. The molecule has 1 unspecified atom stereocenters. The average molecular weight is 313 g/mol. The zero-order valence-corrected chi connectivity index (χ0v) is 13.5. The van der Waals surface area contributed by atoms with E-state index in [4.69, 9.17) is 4.18 Å². The molecule has 0 bridgehead atoms. The minimum absolute atomic E-state index is 0.0908. The molecule has 1 rings (SSSR count). The molecule has 0 aromatic rings. The van der Waals surface area contributed by atoms with Crippen molar-refractivity contribution in [1.29, 1.82) is 0 Å². The van der Waals surface area contributed by atoms with Crippen molar-refractivity contribution in [2.45, 2.75) is 57.1 Å². The average Bonchev–Trinajstić information content (AvgIpc) is 2.74. The highest BCUT2D eigenvalue weighted by Crippen LogP contribution is 2.24. The zero-order chi connectivity index (χ0) is 14.8. The Balaban J connectivity index is 2.75. The minimum atomic E-state index is -3.60. The molecule has 114 valence electrons. The van der Waals surface area contributed by atoms with E-state index in [1.165, 1.54) is 18.2 Å². The van der Waals surface area contributed by atoms with Gasteiger partial charge in [-0.3, -0.25) is 4.18 Å². The molecular formula is C11H23NO5S2. The van der Waals surface area contributed by atoms with E-state index in [1.807, 2.05) is 0 Å². The van der Waals surface area contributed by atoms with E-state index in [-0.39, 0.29) is 12.6 Å². The third kappa shape index (κ3) is 3.90. The number of rotatable bonds is 6. The van der Waals surface area contributed by atoms with Crippen LogP contribution in [-0.4, -0.2) is 50.8 Å². The van der Waals surface area contributed by atoms with Crippen molar-refractivity contribution in [3.8, 4) is 0 Å². The topological polar surface area (TPSA) is 80.8 Å². The molecule has 1 aliphatic rings. The zero-order valence-electron chi connectivity index (χ0n) is 11.9. The van der Waals surface area contributed by atoms with Crippen LogP contribution in [0.1, 0.15) is 40.5 Å². The molecule has 0 amide bonds. The van der Waals surface area contributed by atoms with E-state index in [2.05, 4.69) is 0 Å². The first-order valence-electron chi connectivity index (χ1n) is 6.48. The van der Waals surface area contributed by atoms with E-state index in [0.29, 0.717) is 13.0 Å². The van der Waals surface area contributed by atoms with Gasteiger partial charge < -0.3 is 0 Å². The largest absolute Gasteiger partial charge is 0.269 e. The lowest BCUT2D eigenvalue weighted by molar-refractivity contribution is 0.234. The van der Waals surface area contributed by atoms with Crippen molar-refractivity contribution < 1.29 is 21.0 Å². The molecule has 1 saturated heterocycles. The quantitative estimate of drug-likeness (QED) is 0.682. The van der Waals surface area contributed by atoms with Crippen LogP contribution in [0.3, 0.4) is 0 Å². The van der Waals surface area contributed by atoms with Crippen molar-refractivity contribution in [3.05, 3.63) is 0 Å². The van der Waals surface area contributed by atoms with Gasteiger partial charge in [0.2, 0.25) is 10.0 Å². The van der Waals surface area contributed by atoms with Crippen LogP contribution in [-0.2, 0) is 24.3 Å². The van der Waals surface area contributed by atoms with Gasteiger partial charge in [-0.25, -0.2) is 8.42 Å². The van der Waals surface area contributed by atoms with Crippen LogP contribution in [0.2, 0.25) is 0 Å². The molecule has 1 aliphatic heterocycles. The van der Waals surface area contributed by atoms with Crippen LogP contribution in [0.5, 0.6) is 0 Å². The van der Waals surface area contributed by atoms with Crippen molar-refractivity contribution in [2.75, 3.05) is 13.2 Å². The molecule has 0 radical (unpaired) electrons. The summed E-state index contributed by atoms with van der Waals surface area (Å²) in [5.41, 5.74) is 0. The predicted molar refractivity (Wildman–Crippen MR) is 73.8 cm³/mol. The lowest BCUT2D eigenvalue weighted by Gasteiger charge is -2.25. The summed E-state index contributed by atoms with van der Waals surface area (Å²) in [6.45, 7) is 6.66. The van der Waals surface area contributed by atoms with Gasteiger partial charge in [-0.1, -0.05) is 0 Å². The van der Waals surface area contributed by atoms with Crippen LogP contribution in [0.25, 0.3) is 0 Å². The Morgan fingerprint density at radius 2 is 1.68 bits per heavy atom. The number of sulfonamides is 1. The molecule has 1 heterocycles. The Morgan fingerprint density at radius 3 is 2.16 bits per heavy atom. The van der Waals surface area contributed by atoms with Gasteiger partial charge in [-0.2, -0.15) is 12.7 Å². The monoisotopic (exact) mass is 313 g/mol. The normalized spacial score (nSPS) is 22.5. The number of hydrogen-bond donors (Lipinski definition) is 0. The van der Waals surface area contributed by atoms with Crippen molar-refractivity contribution >= 4 is 20.1 Å². The molecule has 0 N–H and O–H groups in total. The van der Waals surface area contributed by atoms with Gasteiger partial charge in [0, 0.05) is 12.6 Å². The highest BCUT2D eigenvalue weighted by molar-refractivity contribution is 7.89. The summed E-state index contributed by atoms with van der Waals surface area (Å²) in [6.07, 6.45) is 1.38. The van der Waals surface area contributed by atoms with Crippen LogP contribution in [0.15, 0.2) is 0 Å². The van der Waals surface area contributed by atoms with Gasteiger partial charge in [0.25, 0.3) is 10.1 Å². The molecule has 1 fully saturated rings. The minimum Gasteiger partial charge on any atom is -0.268 e. The van der Waals surface area contributed by atoms with Crippen LogP contribution < -0.4 is 0 Å². The van der Waals surface area contributed by atoms with E-state index in [0.717, 1.165) is 6.42 Å². The van der Waals surface area contributed by atoms with Crippen molar-refractivity contribution in [2.24, 2.45) is 0 Å². The van der Waals surface area contributed by atoms with Crippen molar-refractivity contribution in [3.63, 3.8) is 0 Å². The Hall–Kier alpha value is -0.180. The molecule has 8 heteroatoms. The Morgan fingerprint density at radius 1 is 1.11 bits per heavy atom. The van der Waals surface area contributed by atoms with E-state index in [9.17, 15) is 16.8 Å². The number of nitrogens with zero attached hydrogens (tertiary/aromatic N) is 1. The maximum Gasteiger partial charge on any atom is 0.269 e. The Bertz CT molecular complexity index is 495. The Kier molecular flexibility index (Phi) is 5.39. The molecule has 0 aromatic heterocycles. The molecule has 0 aromatic carbocycles. The lowest BCUT2D eigenvalue weighted by Crippen LogP contribution is -2.42. The number of hydrogen-bond acceptors (Lipinski definition) is 5. The highest BCUT2D eigenvalue weighted by Gasteiger charge is 2.37. The lowest BCUT2D eigenvalue weighted by atomic mass is 10.2. The second-order valence-corrected chi connectivity index (χ2v) is 9.93. The smallest absolute Gasteiger partial charge is 0.268 e. The summed E-state index contributed by atoms with van der Waals surface area (Å²) >= 11 is 0. The van der Waals surface area contributed by atoms with Gasteiger partial charge in [0.05, 0.1) is 17.1 Å². The fourth-order valence-electron chi connectivity index (χ4n) is 1.89. The fourth-order valence-corrected chi connectivity index (χ4v) is 4.02. The second kappa shape index (κ2) is 6.07. The highest BCUT2D eigenvalue weighted by atomic mass is 32.2. The molecule has 19 heavy (non-hydrogen) atoms. The van der Waals surface area contributed by atoms with E-state index in [1.54, 1.807) is 13.8 Å². The Labute approximate surface area is 116 Å². The first-order chi connectivity index (χ1) is 8.59. The molecule has 0 aliphatic carbocycles. The maximum atomic E-state index is 12.1. The fraction of sp³-hybridized carbons (Fsp3) is 1.00. The SMILES string of the molecule is CC(C)S(=O)(=O)OCC1CCCN1S(=O)(=O)C(C)C. The van der Waals surface area contributed by atoms with Gasteiger partial charge in [0.15, 0.2) is 0 Å². The second-order valence-electron chi connectivity index (χ2n) is 5.33. The third-order valence-electron chi connectivity index (χ3n) is 3.25. The summed E-state index contributed by atoms with van der Waals surface area (Å²) in [5, 5.41) is -1.13. The summed E-state index contributed by atoms with van der Waals surface area (Å²) in [4.78, 5) is 0. The van der Waals surface area contributed by atoms with Crippen LogP contribution in [0, 0.1) is 0 Å². The van der Waals surface area contributed by atoms with Crippen LogP contribution in [0.4, 0.5) is 0 Å². The molecule has 0 spiro atoms. The first kappa shape index (κ1) is 16.9. The summed E-state index contributed by atoms with van der Waals surface area (Å²) < 4.78 is 53.7. The standard InChI is InChI=1S/C11H23NO5S2/c1-9(2)18(13,14)12-7-5-6-11(12)8-17-19(15,16)10(3)4/h9-11H,5-8H2,1-4H3. The van der Waals surface area contributed by atoms with Crippen molar-refractivity contribution in [1.82, 2.24) is 4.31 Å². The van der Waals surface area contributed by atoms with Gasteiger partial charge in [-0.05, 0) is 40.5 Å². The third-order valence-corrected chi connectivity index (χ3v) is 7.19. The summed E-state index contributed by atoms with van der Waals surface area (Å²) in [7, 11) is -6.95. The molecule has 0 saturated carbocycles. The van der Waals surface area contributed by atoms with E-state index >= 15 is 0 Å². The van der Waals surface area contributed by atoms with Gasteiger partial charge in [-0.15, -0.1) is 0 Å². The maximum absolute atomic E-state index is 12.1. The summed E-state index contributed by atoms with van der Waals surface area (Å²) in [6, 6.07) is -0.374. The first-order valence-corrected chi connectivity index (χ1v) is 9.45.